The molecule has 9 aliphatic rings. The number of nitrogens with zero attached hydrogens (tertiary/aromatic N) is 9. The number of nitrogens with one attached hydrogen (secondary N) is 3. The van der Waals surface area contributed by atoms with E-state index in [-0.39, 0.29) is 87.4 Å². The predicted molar refractivity (Wildman–Crippen MR) is 404 cm³/mol. The van der Waals surface area contributed by atoms with Gasteiger partial charge in [0.15, 0.2) is 0 Å². The second kappa shape index (κ2) is 36.4. The Balaban J connectivity index is 1.10. The normalized spacial score (nSPS) is 33.2. The van der Waals surface area contributed by atoms with E-state index in [4.69, 9.17) is 16.3 Å². The minimum absolute atomic E-state index is 0.00164. The maximum Gasteiger partial charge on any atom is 0.248 e. The van der Waals surface area contributed by atoms with Crippen LogP contribution in [0.3, 0.4) is 0 Å². The average Bonchev–Trinajstić information content (AvgIpc) is 0.851. The number of alkyl halides is 1. The molecule has 6 aliphatic carbocycles. The van der Waals surface area contributed by atoms with Crippen molar-refractivity contribution in [3.63, 3.8) is 0 Å². The quantitative estimate of drug-likeness (QED) is 0.111. The van der Waals surface area contributed by atoms with Crippen molar-refractivity contribution >= 4 is 82.5 Å². The second-order valence-corrected chi connectivity index (χ2v) is 35.2. The van der Waals surface area contributed by atoms with E-state index < -0.39 is 162 Å². The summed E-state index contributed by atoms with van der Waals surface area (Å²) in [5, 5.41) is 9.24. The number of carbonyl (C=O) groups excluding carboxylic acids is 12. The van der Waals surface area contributed by atoms with Gasteiger partial charge in [-0.2, -0.15) is 0 Å². The van der Waals surface area contributed by atoms with Gasteiger partial charge in [0.2, 0.25) is 70.9 Å². The van der Waals surface area contributed by atoms with Crippen molar-refractivity contribution in [2.24, 2.45) is 46.8 Å². The van der Waals surface area contributed by atoms with E-state index in [1.54, 1.807) is 11.9 Å². The largest absolute Gasteiger partial charge is 0.377 e. The fourth-order valence-corrected chi connectivity index (χ4v) is 19.5. The van der Waals surface area contributed by atoms with Gasteiger partial charge in [0, 0.05) is 86.9 Å². The Morgan fingerprint density at radius 3 is 1.92 bits per heavy atom. The van der Waals surface area contributed by atoms with Crippen LogP contribution in [0.2, 0.25) is 0 Å². The number of hydrogen-bond acceptors (Lipinski definition) is 13. The summed E-state index contributed by atoms with van der Waals surface area (Å²) in [4.78, 5) is 197. The molecule has 2 bridgehead atoms. The standard InChI is InChI=1S/C80H129ClN12O13/c1-15-23-60-70(97)83-68(50(5)16-2)76(103)92(55-35-36-55)46-67(96)88(12)61-26-19-18-22-39-91(75(61)102)64(41-52-29-27-49(4)28-30-52)74(101)86(10)45-65(94)82-59(38-32-51-31-37-57(53-33-34-53)58(81)40-51)72(99)93-44-56(106-17-3)42-62(93)71(98)84-80(47-79(6,7)48-80)78(105)90(14)69(54-24-20-21-25-54)77(104)89(13)63(73(100)85(8)9)43-66(95)87(60)11/h18-19,49-64,68-69H,15-17,20-48H2,1-14H3,(H,82,94)(H,83,97)(H,84,98)/b19-18-/t49?,50-,51?,52?,56+,57?,58?,59-,60-,61-,62-,63-,64-,68-,69-/m0/s1. The van der Waals surface area contributed by atoms with Crippen LogP contribution < -0.4 is 16.0 Å². The molecule has 0 aromatic heterocycles. The number of ether oxygens (including phenoxy) is 1. The van der Waals surface area contributed by atoms with Gasteiger partial charge >= 0.3 is 0 Å². The molecule has 3 unspecified atom stereocenters. The fourth-order valence-electron chi connectivity index (χ4n) is 18.9. The topological polar surface area (TPSA) is 279 Å². The maximum atomic E-state index is 15.9. The lowest BCUT2D eigenvalue weighted by molar-refractivity contribution is -0.161. The molecular weight excluding hydrogens is 1370 g/mol. The van der Waals surface area contributed by atoms with Crippen LogP contribution in [0.1, 0.15) is 222 Å². The molecule has 3 N–H and O–H groups in total. The SMILES string of the molecule is CCC[C@H]1C(=O)N[C@@H]([C@@H](C)CC)C(=O)N(C2CC2)CC(=O)N(C)[C@H]2C/C=C\CCN(C2=O)[C@@H](CC2CCC(C)CC2)C(=O)N(C)CC(=O)N[C@@H](CCC2CCC(C3CC3)C(Cl)C2)C(=O)N2C[C@H](OCC)C[C@H]2C(=O)NC2(CC(C)(C)C2)C(=O)N(C)[C@@H](C2CCCC2)C(=O)N(C)[C@H](C(=O)N(C)C)CC(=O)N1C. The summed E-state index contributed by atoms with van der Waals surface area (Å²) < 4.78 is 6.22. The molecule has 13 atom stereocenters. The third-order valence-electron chi connectivity index (χ3n) is 25.7. The Hall–Kier alpha value is -6.37. The van der Waals surface area contributed by atoms with E-state index in [1.165, 1.54) is 94.3 Å². The van der Waals surface area contributed by atoms with Crippen LogP contribution in [0.15, 0.2) is 12.2 Å². The van der Waals surface area contributed by atoms with E-state index in [1.807, 2.05) is 53.7 Å². The highest BCUT2D eigenvalue weighted by atomic mass is 35.5. The summed E-state index contributed by atoms with van der Waals surface area (Å²) in [6.07, 6.45) is 18.1. The van der Waals surface area contributed by atoms with Crippen molar-refractivity contribution in [3.05, 3.63) is 12.2 Å². The molecule has 25 nitrogen and oxygen atoms in total. The molecule has 6 saturated carbocycles. The first-order chi connectivity index (χ1) is 50.2. The van der Waals surface area contributed by atoms with E-state index in [2.05, 4.69) is 22.9 Å². The number of carbonyl (C=O) groups is 12. The lowest BCUT2D eigenvalue weighted by Crippen LogP contribution is -2.71. The first kappa shape index (κ1) is 83.7. The number of halogens is 1. The summed E-state index contributed by atoms with van der Waals surface area (Å²) in [7, 11) is 10.6. The molecule has 0 aromatic carbocycles. The summed E-state index contributed by atoms with van der Waals surface area (Å²) >= 11 is 7.15. The maximum absolute atomic E-state index is 15.9. The Labute approximate surface area is 636 Å². The number of rotatable bonds is 15. The Morgan fingerprint density at radius 2 is 1.32 bits per heavy atom. The summed E-state index contributed by atoms with van der Waals surface area (Å²) in [5.41, 5.74) is -2.01. The van der Waals surface area contributed by atoms with Crippen LogP contribution in [-0.4, -0.2) is 269 Å². The van der Waals surface area contributed by atoms with Crippen molar-refractivity contribution in [1.82, 2.24) is 60.0 Å². The van der Waals surface area contributed by atoms with Crippen LogP contribution in [0, 0.1) is 46.8 Å². The Kier molecular flexibility index (Phi) is 28.8. The van der Waals surface area contributed by atoms with Gasteiger partial charge < -0.3 is 64.8 Å². The smallest absolute Gasteiger partial charge is 0.248 e. The molecule has 1 spiro atoms. The third kappa shape index (κ3) is 20.0. The zero-order chi connectivity index (χ0) is 77.4. The van der Waals surface area contributed by atoms with Crippen molar-refractivity contribution in [2.45, 2.75) is 293 Å². The molecule has 594 valence electrons. The van der Waals surface area contributed by atoms with Crippen LogP contribution in [-0.2, 0) is 62.3 Å². The lowest BCUT2D eigenvalue weighted by Gasteiger charge is -2.54. The van der Waals surface area contributed by atoms with E-state index in [0.29, 0.717) is 75.5 Å². The van der Waals surface area contributed by atoms with Crippen LogP contribution in [0.5, 0.6) is 0 Å². The van der Waals surface area contributed by atoms with Crippen molar-refractivity contribution < 1.29 is 62.3 Å². The summed E-state index contributed by atoms with van der Waals surface area (Å²) in [6, 6.07) is -9.67. The summed E-state index contributed by atoms with van der Waals surface area (Å²) in [5.74, 6) is -5.72. The first-order valence-corrected chi connectivity index (χ1v) is 40.9. The van der Waals surface area contributed by atoms with Crippen LogP contribution >= 0.6 is 11.6 Å². The highest BCUT2D eigenvalue weighted by Crippen LogP contribution is 2.51. The van der Waals surface area contributed by atoms with Gasteiger partial charge in [-0.1, -0.05) is 111 Å². The lowest BCUT2D eigenvalue weighted by atomic mass is 9.58. The van der Waals surface area contributed by atoms with E-state index >= 15 is 47.9 Å². The zero-order valence-corrected chi connectivity index (χ0v) is 67.1. The molecule has 26 heteroatoms. The van der Waals surface area contributed by atoms with Gasteiger partial charge in [-0.25, -0.2) is 0 Å². The predicted octanol–water partition coefficient (Wildman–Crippen LogP) is 6.90. The molecule has 12 amide bonds. The molecule has 3 heterocycles. The summed E-state index contributed by atoms with van der Waals surface area (Å²) in [6.45, 7) is 13.1. The van der Waals surface area contributed by atoms with Gasteiger partial charge in [-0.05, 0) is 156 Å². The molecule has 0 radical (unpaired) electrons. The van der Waals surface area contributed by atoms with Crippen molar-refractivity contribution in [1.29, 1.82) is 0 Å². The van der Waals surface area contributed by atoms with Gasteiger partial charge in [0.05, 0.1) is 19.1 Å². The van der Waals surface area contributed by atoms with Crippen LogP contribution in [0.25, 0.3) is 0 Å². The Morgan fingerprint density at radius 1 is 0.651 bits per heavy atom. The fraction of sp³-hybridized carbons (Fsp3) is 0.825. The number of hydrogen-bond donors (Lipinski definition) is 3. The third-order valence-corrected chi connectivity index (χ3v) is 26.2. The van der Waals surface area contributed by atoms with Crippen LogP contribution in [0.4, 0.5) is 0 Å². The number of amides is 12. The van der Waals surface area contributed by atoms with E-state index in [9.17, 15) is 9.59 Å². The van der Waals surface area contributed by atoms with Gasteiger partial charge in [-0.15, -0.1) is 11.6 Å². The highest BCUT2D eigenvalue weighted by molar-refractivity contribution is 6.20. The van der Waals surface area contributed by atoms with Gasteiger partial charge in [0.1, 0.15) is 60.4 Å². The molecule has 3 aliphatic heterocycles. The number of likely N-dealkylation sites (N-methyl/N-ethyl adjacent to an activating group) is 6. The molecule has 9 rings (SSSR count). The molecular formula is C80H129ClN12O13. The van der Waals surface area contributed by atoms with Crippen molar-refractivity contribution in [3.8, 4) is 0 Å². The minimum Gasteiger partial charge on any atom is -0.377 e. The van der Waals surface area contributed by atoms with E-state index in [0.717, 1.165) is 57.8 Å². The second-order valence-electron chi connectivity index (χ2n) is 34.6. The monoisotopic (exact) mass is 1500 g/mol. The molecule has 8 fully saturated rings. The molecule has 106 heavy (non-hydrogen) atoms. The van der Waals surface area contributed by atoms with Gasteiger partial charge in [0.25, 0.3) is 0 Å². The number of fused-ring (bicyclic) bond motifs is 3. The first-order valence-electron chi connectivity index (χ1n) is 40.5. The Bertz CT molecular complexity index is 3190. The molecule has 2 saturated heterocycles. The van der Waals surface area contributed by atoms with Gasteiger partial charge in [-0.3, -0.25) is 57.5 Å². The zero-order valence-electron chi connectivity index (χ0n) is 66.4. The highest BCUT2D eigenvalue weighted by Gasteiger charge is 2.59. The van der Waals surface area contributed by atoms with Crippen molar-refractivity contribution in [2.75, 3.05) is 82.1 Å². The minimum atomic E-state index is -1.56. The average molecular weight is 1500 g/mol. The molecule has 0 aromatic rings.